The van der Waals surface area contributed by atoms with Crippen LogP contribution >= 0.6 is 0 Å². The van der Waals surface area contributed by atoms with Crippen LogP contribution in [-0.4, -0.2) is 28.0 Å². The zero-order chi connectivity index (χ0) is 11.0. The van der Waals surface area contributed by atoms with Crippen LogP contribution in [0.4, 0.5) is 0 Å². The van der Waals surface area contributed by atoms with Crippen molar-refractivity contribution in [1.82, 2.24) is 20.3 Å². The molecule has 1 fully saturated rings. The van der Waals surface area contributed by atoms with E-state index in [0.29, 0.717) is 0 Å². The maximum atomic E-state index is 4.52. The summed E-state index contributed by atoms with van der Waals surface area (Å²) in [7, 11) is 0. The first-order valence-electron chi connectivity index (χ1n) is 5.83. The SMILES string of the molecule is Cc1cnc2nc(CC3CCNC3)[nH]c2c1. The van der Waals surface area contributed by atoms with Crippen molar-refractivity contribution < 1.29 is 0 Å². The Morgan fingerprint density at radius 1 is 1.50 bits per heavy atom. The fraction of sp³-hybridized carbons (Fsp3) is 0.500. The normalized spacial score (nSPS) is 20.7. The van der Waals surface area contributed by atoms with Crippen molar-refractivity contribution in [1.29, 1.82) is 0 Å². The quantitative estimate of drug-likeness (QED) is 0.798. The molecule has 3 heterocycles. The Bertz CT molecular complexity index is 497. The third-order valence-corrected chi connectivity index (χ3v) is 3.17. The molecule has 2 aromatic rings. The molecule has 1 aliphatic heterocycles. The van der Waals surface area contributed by atoms with Crippen LogP contribution in [0.5, 0.6) is 0 Å². The Kier molecular flexibility index (Phi) is 2.36. The third kappa shape index (κ3) is 1.80. The van der Waals surface area contributed by atoms with Crippen LogP contribution in [0.15, 0.2) is 12.3 Å². The van der Waals surface area contributed by atoms with Crippen molar-refractivity contribution >= 4 is 11.2 Å². The number of aromatic amines is 1. The van der Waals surface area contributed by atoms with E-state index in [1.165, 1.54) is 12.0 Å². The lowest BCUT2D eigenvalue weighted by atomic mass is 10.1. The van der Waals surface area contributed by atoms with Gasteiger partial charge in [-0.2, -0.15) is 0 Å². The molecular formula is C12H16N4. The molecule has 0 bridgehead atoms. The van der Waals surface area contributed by atoms with E-state index in [0.717, 1.165) is 42.4 Å². The highest BCUT2D eigenvalue weighted by atomic mass is 15.0. The zero-order valence-corrected chi connectivity index (χ0v) is 9.45. The van der Waals surface area contributed by atoms with Crippen LogP contribution in [0.25, 0.3) is 11.2 Å². The van der Waals surface area contributed by atoms with Gasteiger partial charge in [-0.05, 0) is 44.0 Å². The minimum absolute atomic E-state index is 0.724. The van der Waals surface area contributed by atoms with Crippen molar-refractivity contribution in [3.8, 4) is 0 Å². The summed E-state index contributed by atoms with van der Waals surface area (Å²) in [6, 6.07) is 2.10. The summed E-state index contributed by atoms with van der Waals surface area (Å²) in [5.41, 5.74) is 3.07. The van der Waals surface area contributed by atoms with Gasteiger partial charge in [-0.25, -0.2) is 9.97 Å². The van der Waals surface area contributed by atoms with E-state index in [2.05, 4.69) is 26.3 Å². The van der Waals surface area contributed by atoms with Crippen LogP contribution in [0.2, 0.25) is 0 Å². The molecule has 1 atom stereocenters. The fourth-order valence-electron chi connectivity index (χ4n) is 2.31. The molecule has 2 aromatic heterocycles. The van der Waals surface area contributed by atoms with Gasteiger partial charge in [0.05, 0.1) is 5.52 Å². The molecule has 4 nitrogen and oxygen atoms in total. The van der Waals surface area contributed by atoms with Crippen LogP contribution in [0, 0.1) is 12.8 Å². The second kappa shape index (κ2) is 3.87. The predicted molar refractivity (Wildman–Crippen MR) is 63.3 cm³/mol. The summed E-state index contributed by atoms with van der Waals surface area (Å²) in [5, 5.41) is 3.38. The van der Waals surface area contributed by atoms with Gasteiger partial charge in [0.25, 0.3) is 0 Å². The van der Waals surface area contributed by atoms with Gasteiger partial charge in [0, 0.05) is 12.6 Å². The maximum absolute atomic E-state index is 4.52. The van der Waals surface area contributed by atoms with Crippen LogP contribution in [0.3, 0.4) is 0 Å². The predicted octanol–water partition coefficient (Wildman–Crippen LogP) is 1.42. The molecule has 0 spiro atoms. The third-order valence-electron chi connectivity index (χ3n) is 3.17. The first-order chi connectivity index (χ1) is 7.81. The molecule has 3 rings (SSSR count). The highest BCUT2D eigenvalue weighted by Crippen LogP contribution is 2.16. The Morgan fingerprint density at radius 2 is 2.44 bits per heavy atom. The lowest BCUT2D eigenvalue weighted by Gasteiger charge is -2.03. The molecular weight excluding hydrogens is 200 g/mol. The standard InChI is InChI=1S/C12H16N4/c1-8-4-10-12(14-6-8)16-11(15-10)5-9-2-3-13-7-9/h4,6,9,13H,2-3,5,7H2,1H3,(H,14,15,16). The number of hydrogen-bond donors (Lipinski definition) is 2. The van der Waals surface area contributed by atoms with E-state index < -0.39 is 0 Å². The van der Waals surface area contributed by atoms with Crippen molar-refractivity contribution in [2.75, 3.05) is 13.1 Å². The molecule has 0 amide bonds. The lowest BCUT2D eigenvalue weighted by Crippen LogP contribution is -2.11. The number of aromatic nitrogens is 3. The number of nitrogens with one attached hydrogen (secondary N) is 2. The Labute approximate surface area is 94.5 Å². The Hall–Kier alpha value is -1.42. The van der Waals surface area contributed by atoms with Gasteiger partial charge in [0.2, 0.25) is 0 Å². The molecule has 84 valence electrons. The summed E-state index contributed by atoms with van der Waals surface area (Å²) < 4.78 is 0. The smallest absolute Gasteiger partial charge is 0.177 e. The van der Waals surface area contributed by atoms with Crippen LogP contribution in [-0.2, 0) is 6.42 Å². The van der Waals surface area contributed by atoms with E-state index in [-0.39, 0.29) is 0 Å². The summed E-state index contributed by atoms with van der Waals surface area (Å²) in [6.07, 6.45) is 4.15. The van der Waals surface area contributed by atoms with Gasteiger partial charge in [-0.15, -0.1) is 0 Å². The van der Waals surface area contributed by atoms with Gasteiger partial charge < -0.3 is 10.3 Å². The molecule has 1 unspecified atom stereocenters. The summed E-state index contributed by atoms with van der Waals surface area (Å²) in [5.74, 6) is 1.79. The molecule has 1 saturated heterocycles. The van der Waals surface area contributed by atoms with Crippen molar-refractivity contribution in [3.05, 3.63) is 23.7 Å². The minimum atomic E-state index is 0.724. The Morgan fingerprint density at radius 3 is 3.25 bits per heavy atom. The Balaban J connectivity index is 1.86. The average molecular weight is 216 g/mol. The van der Waals surface area contributed by atoms with E-state index in [9.17, 15) is 0 Å². The first kappa shape index (κ1) is 9.78. The number of aryl methyl sites for hydroxylation is 1. The average Bonchev–Trinajstić information content (AvgIpc) is 2.86. The van der Waals surface area contributed by atoms with Gasteiger partial charge >= 0.3 is 0 Å². The minimum Gasteiger partial charge on any atom is -0.341 e. The van der Waals surface area contributed by atoms with E-state index >= 15 is 0 Å². The molecule has 2 N–H and O–H groups in total. The number of H-pyrrole nitrogens is 1. The zero-order valence-electron chi connectivity index (χ0n) is 9.45. The van der Waals surface area contributed by atoms with Crippen LogP contribution in [0.1, 0.15) is 17.8 Å². The highest BCUT2D eigenvalue weighted by Gasteiger charge is 2.16. The first-order valence-corrected chi connectivity index (χ1v) is 5.83. The number of nitrogens with zero attached hydrogens (tertiary/aromatic N) is 2. The number of hydrogen-bond acceptors (Lipinski definition) is 3. The molecule has 16 heavy (non-hydrogen) atoms. The molecule has 1 aliphatic rings. The summed E-state index contributed by atoms with van der Waals surface area (Å²) in [4.78, 5) is 12.2. The lowest BCUT2D eigenvalue weighted by molar-refractivity contribution is 0.565. The molecule has 0 aromatic carbocycles. The van der Waals surface area contributed by atoms with Gasteiger partial charge in [0.15, 0.2) is 5.65 Å². The molecule has 0 aliphatic carbocycles. The molecule has 0 saturated carbocycles. The molecule has 4 heteroatoms. The summed E-state index contributed by atoms with van der Waals surface area (Å²) in [6.45, 7) is 4.31. The number of fused-ring (bicyclic) bond motifs is 1. The largest absolute Gasteiger partial charge is 0.341 e. The number of rotatable bonds is 2. The monoisotopic (exact) mass is 216 g/mol. The van der Waals surface area contributed by atoms with E-state index in [1.807, 2.05) is 13.1 Å². The van der Waals surface area contributed by atoms with Gasteiger partial charge in [-0.3, -0.25) is 0 Å². The van der Waals surface area contributed by atoms with Gasteiger partial charge in [0.1, 0.15) is 5.82 Å². The topological polar surface area (TPSA) is 53.6 Å². The summed E-state index contributed by atoms with van der Waals surface area (Å²) >= 11 is 0. The number of pyridine rings is 1. The van der Waals surface area contributed by atoms with Gasteiger partial charge in [-0.1, -0.05) is 0 Å². The second-order valence-electron chi connectivity index (χ2n) is 4.63. The van der Waals surface area contributed by atoms with E-state index in [1.54, 1.807) is 0 Å². The highest BCUT2D eigenvalue weighted by molar-refractivity contribution is 5.70. The maximum Gasteiger partial charge on any atom is 0.177 e. The second-order valence-corrected chi connectivity index (χ2v) is 4.63. The van der Waals surface area contributed by atoms with Crippen molar-refractivity contribution in [2.24, 2.45) is 5.92 Å². The molecule has 0 radical (unpaired) electrons. The van der Waals surface area contributed by atoms with E-state index in [4.69, 9.17) is 0 Å². The number of imidazole rings is 1. The van der Waals surface area contributed by atoms with Crippen LogP contribution < -0.4 is 5.32 Å². The fourth-order valence-corrected chi connectivity index (χ4v) is 2.31. The van der Waals surface area contributed by atoms with Crippen molar-refractivity contribution in [2.45, 2.75) is 19.8 Å². The van der Waals surface area contributed by atoms with Crippen molar-refractivity contribution in [3.63, 3.8) is 0 Å².